The van der Waals surface area contributed by atoms with E-state index in [9.17, 15) is 27.6 Å². The molecule has 1 aliphatic heterocycles. The van der Waals surface area contributed by atoms with Gasteiger partial charge in [-0.15, -0.1) is 0 Å². The highest BCUT2D eigenvalue weighted by Gasteiger charge is 2.38. The van der Waals surface area contributed by atoms with Crippen LogP contribution in [0.25, 0.3) is 0 Å². The first-order chi connectivity index (χ1) is 12.3. The number of nitrogens with zero attached hydrogens (tertiary/aromatic N) is 1. The number of likely N-dealkylation sites (tertiary alicyclic amines) is 1. The molecule has 0 radical (unpaired) electrons. The lowest BCUT2D eigenvalue weighted by atomic mass is 10.1. The lowest BCUT2D eigenvalue weighted by Crippen LogP contribution is -2.39. The largest absolute Gasteiger partial charge is 0.471 e. The number of hydrogen-bond donors (Lipinski definition) is 2. The van der Waals surface area contributed by atoms with Crippen molar-refractivity contribution in [1.82, 2.24) is 15.5 Å². The SMILES string of the molecule is O=C(NCCCNC(=O)C(F)(F)F)C1CC(=O)N(Cc2ccccc2)C1. The average molecular weight is 371 g/mol. The normalized spacial score (nSPS) is 17.3. The Morgan fingerprint density at radius 1 is 1.12 bits per heavy atom. The van der Waals surface area contributed by atoms with Gasteiger partial charge in [0.2, 0.25) is 11.8 Å². The molecule has 0 spiro atoms. The van der Waals surface area contributed by atoms with Crippen molar-refractivity contribution in [3.05, 3.63) is 35.9 Å². The van der Waals surface area contributed by atoms with Gasteiger partial charge in [-0.05, 0) is 12.0 Å². The Labute approximate surface area is 148 Å². The molecule has 26 heavy (non-hydrogen) atoms. The molecule has 1 unspecified atom stereocenters. The van der Waals surface area contributed by atoms with Crippen molar-refractivity contribution in [2.45, 2.75) is 25.6 Å². The lowest BCUT2D eigenvalue weighted by molar-refractivity contribution is -0.173. The Balaban J connectivity index is 1.68. The highest BCUT2D eigenvalue weighted by molar-refractivity contribution is 5.89. The van der Waals surface area contributed by atoms with E-state index in [-0.39, 0.29) is 37.7 Å². The van der Waals surface area contributed by atoms with E-state index in [4.69, 9.17) is 0 Å². The second kappa shape index (κ2) is 8.68. The first-order valence-corrected chi connectivity index (χ1v) is 8.22. The zero-order valence-corrected chi connectivity index (χ0v) is 14.0. The van der Waals surface area contributed by atoms with Crippen LogP contribution >= 0.6 is 0 Å². The van der Waals surface area contributed by atoms with E-state index in [1.807, 2.05) is 30.3 Å². The fraction of sp³-hybridized carbons (Fsp3) is 0.471. The van der Waals surface area contributed by atoms with Gasteiger partial charge in [0, 0.05) is 32.6 Å². The molecule has 0 aromatic heterocycles. The van der Waals surface area contributed by atoms with Crippen LogP contribution in [0.15, 0.2) is 30.3 Å². The summed E-state index contributed by atoms with van der Waals surface area (Å²) in [5.74, 6) is -2.89. The minimum atomic E-state index is -4.91. The summed E-state index contributed by atoms with van der Waals surface area (Å²) in [5.41, 5.74) is 0.974. The summed E-state index contributed by atoms with van der Waals surface area (Å²) >= 11 is 0. The van der Waals surface area contributed by atoms with Gasteiger partial charge in [-0.3, -0.25) is 14.4 Å². The van der Waals surface area contributed by atoms with Crippen molar-refractivity contribution in [2.24, 2.45) is 5.92 Å². The van der Waals surface area contributed by atoms with Gasteiger partial charge in [0.25, 0.3) is 0 Å². The monoisotopic (exact) mass is 371 g/mol. The molecule has 1 aromatic carbocycles. The Kier molecular flexibility index (Phi) is 6.59. The van der Waals surface area contributed by atoms with Gasteiger partial charge in [0.05, 0.1) is 5.92 Å². The van der Waals surface area contributed by atoms with Crippen LogP contribution in [0.1, 0.15) is 18.4 Å². The predicted molar refractivity (Wildman–Crippen MR) is 86.7 cm³/mol. The van der Waals surface area contributed by atoms with Crippen LogP contribution in [0, 0.1) is 5.92 Å². The van der Waals surface area contributed by atoms with Crippen molar-refractivity contribution in [3.63, 3.8) is 0 Å². The average Bonchev–Trinajstić information content (AvgIpc) is 2.95. The minimum absolute atomic E-state index is 0.105. The molecular weight excluding hydrogens is 351 g/mol. The summed E-state index contributed by atoms with van der Waals surface area (Å²) in [7, 11) is 0. The molecule has 9 heteroatoms. The van der Waals surface area contributed by atoms with Crippen LogP contribution < -0.4 is 10.6 Å². The number of carbonyl (C=O) groups excluding carboxylic acids is 3. The topological polar surface area (TPSA) is 78.5 Å². The Bertz CT molecular complexity index is 650. The number of benzene rings is 1. The molecule has 1 heterocycles. The van der Waals surface area contributed by atoms with Gasteiger partial charge in [0.15, 0.2) is 0 Å². The minimum Gasteiger partial charge on any atom is -0.356 e. The molecule has 1 saturated heterocycles. The van der Waals surface area contributed by atoms with E-state index in [1.165, 1.54) is 0 Å². The second-order valence-electron chi connectivity index (χ2n) is 6.06. The Morgan fingerprint density at radius 2 is 1.77 bits per heavy atom. The molecular formula is C17H20F3N3O3. The maximum Gasteiger partial charge on any atom is 0.471 e. The molecule has 2 rings (SSSR count). The number of nitrogens with one attached hydrogen (secondary N) is 2. The number of halogens is 3. The quantitative estimate of drug-likeness (QED) is 0.708. The fourth-order valence-corrected chi connectivity index (χ4v) is 2.65. The van der Waals surface area contributed by atoms with E-state index >= 15 is 0 Å². The van der Waals surface area contributed by atoms with E-state index in [1.54, 1.807) is 10.2 Å². The van der Waals surface area contributed by atoms with Gasteiger partial charge in [0.1, 0.15) is 0 Å². The van der Waals surface area contributed by atoms with Crippen molar-refractivity contribution in [2.75, 3.05) is 19.6 Å². The molecule has 1 aromatic rings. The Hall–Kier alpha value is -2.58. The first kappa shape index (κ1) is 19.7. The second-order valence-corrected chi connectivity index (χ2v) is 6.06. The van der Waals surface area contributed by atoms with Crippen molar-refractivity contribution in [1.29, 1.82) is 0 Å². The van der Waals surface area contributed by atoms with Crippen LogP contribution in [-0.4, -0.2) is 48.4 Å². The first-order valence-electron chi connectivity index (χ1n) is 8.22. The molecule has 6 nitrogen and oxygen atoms in total. The highest BCUT2D eigenvalue weighted by Crippen LogP contribution is 2.20. The number of carbonyl (C=O) groups is 3. The Morgan fingerprint density at radius 3 is 2.42 bits per heavy atom. The number of hydrogen-bond acceptors (Lipinski definition) is 3. The van der Waals surface area contributed by atoms with Crippen molar-refractivity contribution in [3.8, 4) is 0 Å². The lowest BCUT2D eigenvalue weighted by Gasteiger charge is -2.16. The molecule has 0 saturated carbocycles. The third kappa shape index (κ3) is 5.75. The van der Waals surface area contributed by atoms with E-state index in [0.29, 0.717) is 13.1 Å². The molecule has 3 amide bonds. The third-order valence-electron chi connectivity index (χ3n) is 4.00. The van der Waals surface area contributed by atoms with Gasteiger partial charge in [-0.25, -0.2) is 0 Å². The highest BCUT2D eigenvalue weighted by atomic mass is 19.4. The number of rotatable bonds is 7. The van der Waals surface area contributed by atoms with Gasteiger partial charge in [-0.1, -0.05) is 30.3 Å². The van der Waals surface area contributed by atoms with Crippen LogP contribution in [-0.2, 0) is 20.9 Å². The maximum absolute atomic E-state index is 12.1. The van der Waals surface area contributed by atoms with Crippen LogP contribution in [0.5, 0.6) is 0 Å². The molecule has 142 valence electrons. The van der Waals surface area contributed by atoms with Gasteiger partial charge >= 0.3 is 12.1 Å². The van der Waals surface area contributed by atoms with Crippen LogP contribution in [0.2, 0.25) is 0 Å². The molecule has 2 N–H and O–H groups in total. The molecule has 1 fully saturated rings. The van der Waals surface area contributed by atoms with E-state index < -0.39 is 18.0 Å². The summed E-state index contributed by atoms with van der Waals surface area (Å²) in [5, 5.41) is 4.32. The maximum atomic E-state index is 12.1. The van der Waals surface area contributed by atoms with Crippen LogP contribution in [0.3, 0.4) is 0 Å². The summed E-state index contributed by atoms with van der Waals surface area (Å²) in [4.78, 5) is 36.4. The van der Waals surface area contributed by atoms with Gasteiger partial charge in [-0.2, -0.15) is 13.2 Å². The van der Waals surface area contributed by atoms with Gasteiger partial charge < -0.3 is 15.5 Å². The number of amides is 3. The smallest absolute Gasteiger partial charge is 0.356 e. The molecule has 0 aliphatic carbocycles. The number of alkyl halides is 3. The molecule has 1 aliphatic rings. The summed E-state index contributed by atoms with van der Waals surface area (Å²) in [6, 6.07) is 9.42. The van der Waals surface area contributed by atoms with E-state index in [2.05, 4.69) is 5.32 Å². The third-order valence-corrected chi connectivity index (χ3v) is 4.00. The van der Waals surface area contributed by atoms with Crippen LogP contribution in [0.4, 0.5) is 13.2 Å². The summed E-state index contributed by atoms with van der Waals surface area (Å²) in [6.07, 6.45) is -4.62. The zero-order chi connectivity index (χ0) is 19.2. The standard InChI is InChI=1S/C17H20F3N3O3/c18-17(19,20)16(26)22-8-4-7-21-15(25)13-9-14(24)23(11-13)10-12-5-2-1-3-6-12/h1-3,5-6,13H,4,7-11H2,(H,21,25)(H,22,26). The fourth-order valence-electron chi connectivity index (χ4n) is 2.65. The summed E-state index contributed by atoms with van der Waals surface area (Å²) < 4.78 is 36.0. The molecule has 1 atom stereocenters. The molecule has 0 bridgehead atoms. The van der Waals surface area contributed by atoms with E-state index in [0.717, 1.165) is 5.56 Å². The van der Waals surface area contributed by atoms with Crippen molar-refractivity contribution < 1.29 is 27.6 Å². The zero-order valence-electron chi connectivity index (χ0n) is 14.0. The predicted octanol–water partition coefficient (Wildman–Crippen LogP) is 1.22. The summed E-state index contributed by atoms with van der Waals surface area (Å²) in [6.45, 7) is 0.681. The van der Waals surface area contributed by atoms with Crippen molar-refractivity contribution >= 4 is 17.7 Å².